The Kier molecular flexibility index (Phi) is 3.93. The molecule has 14 heavy (non-hydrogen) atoms. The van der Waals surface area contributed by atoms with Crippen LogP contribution < -0.4 is 0 Å². The molecular formula is C11H20O3. The standard InChI is InChI=1S/C11H20O3/c1-9(6-7-13-8-12)4-5-10-11(2,3)14-10/h8-10H,4-7H2,1-3H3. The zero-order valence-corrected chi connectivity index (χ0v) is 9.29. The third kappa shape index (κ3) is 3.66. The molecule has 1 aliphatic heterocycles. The first-order valence-corrected chi connectivity index (χ1v) is 5.29. The maximum atomic E-state index is 9.91. The Hall–Kier alpha value is -0.570. The van der Waals surface area contributed by atoms with E-state index in [0.29, 0.717) is 25.1 Å². The van der Waals surface area contributed by atoms with E-state index in [2.05, 4.69) is 25.5 Å². The zero-order chi connectivity index (χ0) is 10.6. The Morgan fingerprint density at radius 1 is 1.50 bits per heavy atom. The van der Waals surface area contributed by atoms with Crippen molar-refractivity contribution in [2.45, 2.75) is 51.7 Å². The maximum absolute atomic E-state index is 9.91. The van der Waals surface area contributed by atoms with Gasteiger partial charge in [0.1, 0.15) is 0 Å². The van der Waals surface area contributed by atoms with Crippen LogP contribution in [-0.4, -0.2) is 24.8 Å². The molecular weight excluding hydrogens is 180 g/mol. The number of ether oxygens (including phenoxy) is 2. The molecule has 0 aliphatic carbocycles. The largest absolute Gasteiger partial charge is 0.468 e. The summed E-state index contributed by atoms with van der Waals surface area (Å²) in [6.45, 7) is 7.48. The summed E-state index contributed by atoms with van der Waals surface area (Å²) < 4.78 is 10.1. The van der Waals surface area contributed by atoms with E-state index in [-0.39, 0.29) is 5.60 Å². The van der Waals surface area contributed by atoms with E-state index >= 15 is 0 Å². The number of rotatable bonds is 7. The molecule has 0 saturated carbocycles. The topological polar surface area (TPSA) is 38.8 Å². The number of carbonyl (C=O) groups is 1. The Morgan fingerprint density at radius 3 is 2.64 bits per heavy atom. The van der Waals surface area contributed by atoms with Crippen LogP contribution in [-0.2, 0) is 14.3 Å². The highest BCUT2D eigenvalue weighted by molar-refractivity contribution is 5.36. The van der Waals surface area contributed by atoms with E-state index in [9.17, 15) is 4.79 Å². The van der Waals surface area contributed by atoms with E-state index in [1.165, 1.54) is 0 Å². The van der Waals surface area contributed by atoms with Crippen LogP contribution in [0.15, 0.2) is 0 Å². The SMILES string of the molecule is CC(CCOC=O)CCC1OC1(C)C. The van der Waals surface area contributed by atoms with E-state index in [0.717, 1.165) is 19.3 Å². The molecule has 0 aromatic rings. The van der Waals surface area contributed by atoms with E-state index in [4.69, 9.17) is 4.74 Å². The second-order valence-electron chi connectivity index (χ2n) is 4.65. The summed E-state index contributed by atoms with van der Waals surface area (Å²) >= 11 is 0. The predicted molar refractivity (Wildman–Crippen MR) is 54.0 cm³/mol. The highest BCUT2D eigenvalue weighted by atomic mass is 16.6. The molecule has 0 aromatic heterocycles. The highest BCUT2D eigenvalue weighted by Gasteiger charge is 2.46. The highest BCUT2D eigenvalue weighted by Crippen LogP contribution is 2.39. The number of hydrogen-bond acceptors (Lipinski definition) is 3. The molecule has 2 atom stereocenters. The lowest BCUT2D eigenvalue weighted by atomic mass is 9.98. The fourth-order valence-corrected chi connectivity index (χ4v) is 1.64. The van der Waals surface area contributed by atoms with Gasteiger partial charge in [-0.25, -0.2) is 0 Å². The molecule has 0 bridgehead atoms. The van der Waals surface area contributed by atoms with Crippen molar-refractivity contribution in [3.63, 3.8) is 0 Å². The fourth-order valence-electron chi connectivity index (χ4n) is 1.64. The van der Waals surface area contributed by atoms with Gasteiger partial charge < -0.3 is 9.47 Å². The van der Waals surface area contributed by atoms with Crippen molar-refractivity contribution in [1.82, 2.24) is 0 Å². The van der Waals surface area contributed by atoms with E-state index < -0.39 is 0 Å². The van der Waals surface area contributed by atoms with Gasteiger partial charge in [0.25, 0.3) is 6.47 Å². The monoisotopic (exact) mass is 200 g/mol. The van der Waals surface area contributed by atoms with Gasteiger partial charge in [-0.3, -0.25) is 4.79 Å². The summed E-state index contributed by atoms with van der Waals surface area (Å²) in [6.07, 6.45) is 3.66. The third-order valence-electron chi connectivity index (χ3n) is 2.88. The average Bonchev–Trinajstić information content (AvgIpc) is 2.71. The second kappa shape index (κ2) is 4.78. The lowest BCUT2D eigenvalue weighted by Crippen LogP contribution is -2.06. The van der Waals surface area contributed by atoms with Crippen LogP contribution in [0.5, 0.6) is 0 Å². The summed E-state index contributed by atoms with van der Waals surface area (Å²) in [5.74, 6) is 0.606. The van der Waals surface area contributed by atoms with Crippen LogP contribution in [0.25, 0.3) is 0 Å². The Bertz CT molecular complexity index is 189. The minimum atomic E-state index is 0.110. The summed E-state index contributed by atoms with van der Waals surface area (Å²) in [4.78, 5) is 9.91. The summed E-state index contributed by atoms with van der Waals surface area (Å²) in [5, 5.41) is 0. The number of epoxide rings is 1. The van der Waals surface area contributed by atoms with Crippen molar-refractivity contribution in [1.29, 1.82) is 0 Å². The van der Waals surface area contributed by atoms with Gasteiger partial charge in [-0.1, -0.05) is 6.92 Å². The first-order chi connectivity index (χ1) is 6.56. The third-order valence-corrected chi connectivity index (χ3v) is 2.88. The molecule has 3 heteroatoms. The lowest BCUT2D eigenvalue weighted by Gasteiger charge is -2.09. The van der Waals surface area contributed by atoms with Crippen molar-refractivity contribution < 1.29 is 14.3 Å². The van der Waals surface area contributed by atoms with Crippen molar-refractivity contribution in [3.8, 4) is 0 Å². The molecule has 1 fully saturated rings. The van der Waals surface area contributed by atoms with Crippen LogP contribution in [0.2, 0.25) is 0 Å². The predicted octanol–water partition coefficient (Wildman–Crippen LogP) is 2.14. The van der Waals surface area contributed by atoms with Gasteiger partial charge in [0.15, 0.2) is 0 Å². The van der Waals surface area contributed by atoms with Gasteiger partial charge in [0, 0.05) is 0 Å². The second-order valence-corrected chi connectivity index (χ2v) is 4.65. The molecule has 0 aromatic carbocycles. The molecule has 1 saturated heterocycles. The quantitative estimate of drug-likeness (QED) is 0.359. The van der Waals surface area contributed by atoms with Crippen LogP contribution in [0, 0.1) is 5.92 Å². The van der Waals surface area contributed by atoms with E-state index in [1.54, 1.807) is 0 Å². The summed E-state index contributed by atoms with van der Waals surface area (Å²) in [6, 6.07) is 0. The number of carbonyl (C=O) groups excluding carboxylic acids is 1. The molecule has 0 spiro atoms. The van der Waals surface area contributed by atoms with Crippen molar-refractivity contribution in [2.24, 2.45) is 5.92 Å². The molecule has 0 amide bonds. The van der Waals surface area contributed by atoms with Crippen LogP contribution in [0.4, 0.5) is 0 Å². The molecule has 82 valence electrons. The van der Waals surface area contributed by atoms with Crippen molar-refractivity contribution in [3.05, 3.63) is 0 Å². The molecule has 1 aliphatic rings. The molecule has 1 heterocycles. The molecule has 0 N–H and O–H groups in total. The van der Waals surface area contributed by atoms with Gasteiger partial charge in [-0.05, 0) is 39.0 Å². The van der Waals surface area contributed by atoms with Crippen LogP contribution >= 0.6 is 0 Å². The van der Waals surface area contributed by atoms with Gasteiger partial charge in [0.05, 0.1) is 18.3 Å². The van der Waals surface area contributed by atoms with Crippen molar-refractivity contribution >= 4 is 6.47 Å². The Morgan fingerprint density at radius 2 is 2.14 bits per heavy atom. The maximum Gasteiger partial charge on any atom is 0.293 e. The van der Waals surface area contributed by atoms with Gasteiger partial charge in [0.2, 0.25) is 0 Å². The minimum Gasteiger partial charge on any atom is -0.468 e. The Labute approximate surface area is 85.8 Å². The van der Waals surface area contributed by atoms with Gasteiger partial charge >= 0.3 is 0 Å². The van der Waals surface area contributed by atoms with Crippen molar-refractivity contribution in [2.75, 3.05) is 6.61 Å². The summed E-state index contributed by atoms with van der Waals surface area (Å²) in [7, 11) is 0. The van der Waals surface area contributed by atoms with Gasteiger partial charge in [-0.15, -0.1) is 0 Å². The molecule has 3 nitrogen and oxygen atoms in total. The fraction of sp³-hybridized carbons (Fsp3) is 0.909. The molecule has 0 radical (unpaired) electrons. The van der Waals surface area contributed by atoms with Crippen LogP contribution in [0.3, 0.4) is 0 Å². The summed E-state index contributed by atoms with van der Waals surface area (Å²) in [5.41, 5.74) is 0.110. The minimum absolute atomic E-state index is 0.110. The smallest absolute Gasteiger partial charge is 0.293 e. The van der Waals surface area contributed by atoms with E-state index in [1.807, 2.05) is 0 Å². The zero-order valence-electron chi connectivity index (χ0n) is 9.29. The molecule has 1 rings (SSSR count). The first-order valence-electron chi connectivity index (χ1n) is 5.29. The molecule has 2 unspecified atom stereocenters. The normalized spacial score (nSPS) is 25.5. The Balaban J connectivity index is 1.98. The average molecular weight is 200 g/mol. The van der Waals surface area contributed by atoms with Crippen LogP contribution in [0.1, 0.15) is 40.0 Å². The number of hydrogen-bond donors (Lipinski definition) is 0. The first kappa shape index (κ1) is 11.5. The lowest BCUT2D eigenvalue weighted by molar-refractivity contribution is -0.129. The van der Waals surface area contributed by atoms with Gasteiger partial charge in [-0.2, -0.15) is 0 Å².